The maximum Gasteiger partial charge on any atom is 0.268 e. The highest BCUT2D eigenvalue weighted by atomic mass is 32.2. The summed E-state index contributed by atoms with van der Waals surface area (Å²) in [4.78, 5) is 18.3. The quantitative estimate of drug-likeness (QED) is 0.291. The number of sulfonamides is 1. The number of aromatic nitrogens is 1. The number of carbonyl (C=O) groups excluding carboxylic acids is 1. The van der Waals surface area contributed by atoms with Crippen LogP contribution < -0.4 is 20.5 Å². The number of ether oxygens (including phenoxy) is 1. The third kappa shape index (κ3) is 5.99. The molecule has 1 amide bonds. The molecule has 4 N–H and O–H groups in total. The molecule has 3 aromatic carbocycles. The number of para-hydroxylation sites is 1. The van der Waals surface area contributed by atoms with Gasteiger partial charge in [0.2, 0.25) is 10.0 Å². The van der Waals surface area contributed by atoms with Crippen LogP contribution in [0.2, 0.25) is 0 Å². The van der Waals surface area contributed by atoms with Crippen LogP contribution in [0.3, 0.4) is 0 Å². The van der Waals surface area contributed by atoms with Crippen LogP contribution in [0.25, 0.3) is 22.4 Å². The Balaban J connectivity index is 1.72. The average molecular weight is 537 g/mol. The molecule has 8 nitrogen and oxygen atoms in total. The lowest BCUT2D eigenvalue weighted by Crippen LogP contribution is -2.40. The normalized spacial score (nSPS) is 11.8. The first-order valence-corrected chi connectivity index (χ1v) is 13.7. The van der Waals surface area contributed by atoms with E-state index in [9.17, 15) is 13.2 Å². The third-order valence-corrected chi connectivity index (χ3v) is 8.00. The molecule has 0 saturated heterocycles. The van der Waals surface area contributed by atoms with Crippen molar-refractivity contribution in [3.05, 3.63) is 77.7 Å². The van der Waals surface area contributed by atoms with E-state index < -0.39 is 21.5 Å². The van der Waals surface area contributed by atoms with E-state index in [-0.39, 0.29) is 10.0 Å². The molecule has 1 heterocycles. The van der Waals surface area contributed by atoms with Crippen molar-refractivity contribution in [1.82, 2.24) is 9.71 Å². The lowest BCUT2D eigenvalue weighted by molar-refractivity contribution is 0.103. The summed E-state index contributed by atoms with van der Waals surface area (Å²) in [6.45, 7) is 5.34. The molecule has 0 aliphatic rings. The van der Waals surface area contributed by atoms with Crippen molar-refractivity contribution in [3.8, 4) is 28.1 Å². The summed E-state index contributed by atoms with van der Waals surface area (Å²) in [5.74, 6) is 0.280. The Labute approximate surface area is 220 Å². The van der Waals surface area contributed by atoms with Gasteiger partial charge in [-0.1, -0.05) is 47.7 Å². The van der Waals surface area contributed by atoms with E-state index in [1.807, 2.05) is 0 Å². The number of nitrogen functional groups attached to an aromatic ring is 1. The van der Waals surface area contributed by atoms with Gasteiger partial charge in [0, 0.05) is 27.9 Å². The van der Waals surface area contributed by atoms with Crippen molar-refractivity contribution in [1.29, 1.82) is 0 Å². The van der Waals surface area contributed by atoms with Crippen molar-refractivity contribution in [2.45, 2.75) is 31.2 Å². The summed E-state index contributed by atoms with van der Waals surface area (Å²) in [7, 11) is -2.26. The van der Waals surface area contributed by atoms with E-state index in [0.717, 1.165) is 16.9 Å². The number of nitrogens with two attached hydrogens (primary N) is 1. The number of nitrogens with zero attached hydrogens (tertiary/aromatic N) is 1. The predicted octanol–water partition coefficient (Wildman–Crippen LogP) is 5.40. The van der Waals surface area contributed by atoms with Crippen molar-refractivity contribution in [2.24, 2.45) is 0 Å². The highest BCUT2D eigenvalue weighted by molar-refractivity contribution is 7.89. The van der Waals surface area contributed by atoms with Crippen LogP contribution in [-0.2, 0) is 10.0 Å². The number of methoxy groups -OCH3 is 1. The van der Waals surface area contributed by atoms with Gasteiger partial charge in [0.15, 0.2) is 5.13 Å². The number of amides is 1. The van der Waals surface area contributed by atoms with Gasteiger partial charge in [0.25, 0.3) is 5.91 Å². The Kier molecular flexibility index (Phi) is 7.35. The highest BCUT2D eigenvalue weighted by Crippen LogP contribution is 2.35. The molecule has 0 spiro atoms. The summed E-state index contributed by atoms with van der Waals surface area (Å²) >= 11 is 1.08. The van der Waals surface area contributed by atoms with Crippen LogP contribution in [0.1, 0.15) is 30.4 Å². The van der Waals surface area contributed by atoms with Crippen molar-refractivity contribution < 1.29 is 17.9 Å². The number of anilines is 2. The number of benzene rings is 3. The molecule has 4 rings (SSSR count). The van der Waals surface area contributed by atoms with Crippen LogP contribution in [-0.4, -0.2) is 32.0 Å². The molecule has 192 valence electrons. The lowest BCUT2D eigenvalue weighted by atomic mass is 10.0. The predicted molar refractivity (Wildman–Crippen MR) is 148 cm³/mol. The fourth-order valence-corrected chi connectivity index (χ4v) is 6.21. The molecule has 0 saturated carbocycles. The number of nitrogens with one attached hydrogen (secondary N) is 2. The van der Waals surface area contributed by atoms with E-state index in [2.05, 4.69) is 15.0 Å². The number of rotatable bonds is 7. The van der Waals surface area contributed by atoms with Gasteiger partial charge in [-0.3, -0.25) is 4.79 Å². The van der Waals surface area contributed by atoms with Crippen LogP contribution in [0, 0.1) is 0 Å². The van der Waals surface area contributed by atoms with E-state index in [0.29, 0.717) is 33.1 Å². The molecule has 4 aromatic rings. The lowest BCUT2D eigenvalue weighted by Gasteiger charge is -2.22. The molecule has 0 aliphatic heterocycles. The van der Waals surface area contributed by atoms with Crippen molar-refractivity contribution in [2.75, 3.05) is 18.2 Å². The number of hydrogen-bond acceptors (Lipinski definition) is 7. The molecule has 0 aliphatic carbocycles. The molecule has 10 heteroatoms. The van der Waals surface area contributed by atoms with Gasteiger partial charge in [0.1, 0.15) is 10.6 Å². The summed E-state index contributed by atoms with van der Waals surface area (Å²) in [6.07, 6.45) is 0. The van der Waals surface area contributed by atoms with Crippen molar-refractivity contribution >= 4 is 38.1 Å². The van der Waals surface area contributed by atoms with E-state index in [4.69, 9.17) is 10.5 Å². The van der Waals surface area contributed by atoms with Crippen LogP contribution in [0.15, 0.2) is 77.7 Å². The van der Waals surface area contributed by atoms with E-state index in [1.165, 1.54) is 0 Å². The fourth-order valence-electron chi connectivity index (χ4n) is 3.82. The van der Waals surface area contributed by atoms with Crippen LogP contribution in [0.4, 0.5) is 10.8 Å². The SMILES string of the molecule is COc1ccc(-c2nc(N)sc2C(=O)Nc2ccccc2-c2ccccc2S(=O)(=O)NC(C)(C)C)cc1. The second-order valence-corrected chi connectivity index (χ2v) is 12.0. The molecular weight excluding hydrogens is 508 g/mol. The molecule has 0 bridgehead atoms. The maximum atomic E-state index is 13.4. The second-order valence-electron chi connectivity index (χ2n) is 9.31. The second kappa shape index (κ2) is 10.3. The molecule has 0 unspecified atom stereocenters. The van der Waals surface area contributed by atoms with Gasteiger partial charge in [0.05, 0.1) is 17.7 Å². The number of thiazole rings is 1. The maximum absolute atomic E-state index is 13.4. The Hall–Kier alpha value is -3.73. The summed E-state index contributed by atoms with van der Waals surface area (Å²) in [6, 6.07) is 20.9. The molecule has 0 radical (unpaired) electrons. The minimum Gasteiger partial charge on any atom is -0.497 e. The first kappa shape index (κ1) is 26.3. The molecule has 0 fully saturated rings. The topological polar surface area (TPSA) is 123 Å². The summed E-state index contributed by atoms with van der Waals surface area (Å²) < 4.78 is 34.4. The standard InChI is InChI=1S/C27H28N4O4S2/c1-27(2,3)31-37(33,34)22-12-8-6-10-20(22)19-9-5-7-11-21(19)29-25(32)24-23(30-26(28)36-24)17-13-15-18(35-4)16-14-17/h5-16,31H,1-4H3,(H2,28,30)(H,29,32). The molecule has 1 aromatic heterocycles. The van der Waals surface area contributed by atoms with Gasteiger partial charge < -0.3 is 15.8 Å². The van der Waals surface area contributed by atoms with Gasteiger partial charge in [-0.15, -0.1) is 0 Å². The summed E-state index contributed by atoms with van der Waals surface area (Å²) in [5.41, 5.74) is 7.97. The monoisotopic (exact) mass is 536 g/mol. The zero-order valence-corrected chi connectivity index (χ0v) is 22.5. The largest absolute Gasteiger partial charge is 0.497 e. The zero-order valence-electron chi connectivity index (χ0n) is 20.9. The van der Waals surface area contributed by atoms with Gasteiger partial charge in [-0.25, -0.2) is 18.1 Å². The Morgan fingerprint density at radius 1 is 0.946 bits per heavy atom. The Bertz CT molecular complexity index is 1540. The molecule has 37 heavy (non-hydrogen) atoms. The van der Waals surface area contributed by atoms with Gasteiger partial charge in [-0.05, 0) is 57.2 Å². The zero-order chi connectivity index (χ0) is 26.8. The van der Waals surface area contributed by atoms with Crippen molar-refractivity contribution in [3.63, 3.8) is 0 Å². The fraction of sp³-hybridized carbons (Fsp3) is 0.185. The smallest absolute Gasteiger partial charge is 0.268 e. The number of carbonyl (C=O) groups is 1. The Morgan fingerprint density at radius 3 is 2.22 bits per heavy atom. The van der Waals surface area contributed by atoms with E-state index >= 15 is 0 Å². The highest BCUT2D eigenvalue weighted by Gasteiger charge is 2.26. The first-order valence-electron chi connectivity index (χ1n) is 11.4. The number of hydrogen-bond donors (Lipinski definition) is 3. The molecule has 0 atom stereocenters. The van der Waals surface area contributed by atoms with Gasteiger partial charge in [-0.2, -0.15) is 0 Å². The first-order chi connectivity index (χ1) is 17.5. The minimum atomic E-state index is -3.84. The van der Waals surface area contributed by atoms with Gasteiger partial charge >= 0.3 is 0 Å². The summed E-state index contributed by atoms with van der Waals surface area (Å²) in [5, 5.41) is 3.19. The van der Waals surface area contributed by atoms with E-state index in [1.54, 1.807) is 101 Å². The van der Waals surface area contributed by atoms with Crippen LogP contribution in [0.5, 0.6) is 5.75 Å². The third-order valence-electron chi connectivity index (χ3n) is 5.30. The van der Waals surface area contributed by atoms with Crippen LogP contribution >= 0.6 is 11.3 Å². The molecular formula is C27H28N4O4S2. The Morgan fingerprint density at radius 2 is 1.57 bits per heavy atom. The average Bonchev–Trinajstić information content (AvgIpc) is 3.25. The minimum absolute atomic E-state index is 0.118.